The molecule has 0 spiro atoms. The molecular formula is C20H20N6O2. The van der Waals surface area contributed by atoms with E-state index >= 15 is 0 Å². The van der Waals surface area contributed by atoms with Gasteiger partial charge in [-0.15, -0.1) is 0 Å². The number of carbonyl (C=O) groups is 2. The fourth-order valence-corrected chi connectivity index (χ4v) is 2.44. The molecule has 8 nitrogen and oxygen atoms in total. The van der Waals surface area contributed by atoms with Gasteiger partial charge >= 0.3 is 6.03 Å². The minimum Gasteiger partial charge on any atom is -0.355 e. The Hall–Kier alpha value is -3.94. The molecule has 0 fully saturated rings. The molecule has 2 aromatic heterocycles. The third-order valence-corrected chi connectivity index (χ3v) is 3.70. The van der Waals surface area contributed by atoms with Crippen LogP contribution in [0, 0.1) is 0 Å². The average Bonchev–Trinajstić information content (AvgIpc) is 2.70. The van der Waals surface area contributed by atoms with Crippen LogP contribution in [0.3, 0.4) is 0 Å². The Balaban J connectivity index is 1.88. The summed E-state index contributed by atoms with van der Waals surface area (Å²) in [5.74, 6) is -0.0224. The van der Waals surface area contributed by atoms with Crippen LogP contribution in [-0.2, 0) is 0 Å². The van der Waals surface area contributed by atoms with Crippen LogP contribution in [0.5, 0.6) is 0 Å². The molecular weight excluding hydrogens is 356 g/mol. The molecule has 0 aliphatic heterocycles. The molecule has 0 saturated heterocycles. The average molecular weight is 376 g/mol. The lowest BCUT2D eigenvalue weighted by Crippen LogP contribution is -2.28. The van der Waals surface area contributed by atoms with Crippen molar-refractivity contribution in [3.05, 3.63) is 72.7 Å². The topological polar surface area (TPSA) is 108 Å². The molecule has 0 atom stereocenters. The van der Waals surface area contributed by atoms with Crippen molar-refractivity contribution >= 4 is 34.8 Å². The number of hydrogen-bond donors (Lipinski definition) is 4. The van der Waals surface area contributed by atoms with Crippen molar-refractivity contribution in [2.75, 3.05) is 22.5 Å². The third kappa shape index (κ3) is 5.04. The molecule has 3 rings (SSSR count). The zero-order valence-electron chi connectivity index (χ0n) is 15.3. The van der Waals surface area contributed by atoms with Crippen LogP contribution < -0.4 is 21.3 Å². The highest BCUT2D eigenvalue weighted by Crippen LogP contribution is 2.24. The highest BCUT2D eigenvalue weighted by atomic mass is 16.2. The number of benzene rings is 1. The van der Waals surface area contributed by atoms with Gasteiger partial charge < -0.3 is 16.0 Å². The van der Waals surface area contributed by atoms with Gasteiger partial charge in [0.15, 0.2) is 0 Å². The highest BCUT2D eigenvalue weighted by molar-refractivity contribution is 6.08. The van der Waals surface area contributed by atoms with Gasteiger partial charge in [0.2, 0.25) is 0 Å². The van der Waals surface area contributed by atoms with Gasteiger partial charge in [0, 0.05) is 30.7 Å². The largest absolute Gasteiger partial charge is 0.355 e. The van der Waals surface area contributed by atoms with E-state index in [4.69, 9.17) is 0 Å². The van der Waals surface area contributed by atoms with Crippen molar-refractivity contribution in [2.45, 2.75) is 6.92 Å². The fraction of sp³-hybridized carbons (Fsp3) is 0.100. The number of pyridine rings is 2. The van der Waals surface area contributed by atoms with Crippen LogP contribution in [-0.4, -0.2) is 28.5 Å². The molecule has 1 aromatic carbocycles. The van der Waals surface area contributed by atoms with Crippen LogP contribution >= 0.6 is 0 Å². The quantitative estimate of drug-likeness (QED) is 0.526. The summed E-state index contributed by atoms with van der Waals surface area (Å²) in [6, 6.07) is 14.1. The maximum absolute atomic E-state index is 12.7. The lowest BCUT2D eigenvalue weighted by atomic mass is 10.2. The summed E-state index contributed by atoms with van der Waals surface area (Å²) < 4.78 is 0. The number of carbonyl (C=O) groups excluding carboxylic acids is 2. The van der Waals surface area contributed by atoms with E-state index in [1.54, 1.807) is 30.6 Å². The molecule has 0 radical (unpaired) electrons. The van der Waals surface area contributed by atoms with Crippen LogP contribution in [0.1, 0.15) is 17.3 Å². The van der Waals surface area contributed by atoms with Crippen molar-refractivity contribution < 1.29 is 9.59 Å². The molecule has 0 aliphatic rings. The number of nitrogens with zero attached hydrogens (tertiary/aromatic N) is 2. The second-order valence-corrected chi connectivity index (χ2v) is 5.79. The van der Waals surface area contributed by atoms with Crippen LogP contribution in [0.25, 0.3) is 0 Å². The summed E-state index contributed by atoms with van der Waals surface area (Å²) in [6.07, 6.45) is 4.60. The van der Waals surface area contributed by atoms with E-state index in [0.29, 0.717) is 29.3 Å². The van der Waals surface area contributed by atoms with Crippen molar-refractivity contribution in [3.8, 4) is 0 Å². The summed E-state index contributed by atoms with van der Waals surface area (Å²) in [5, 5.41) is 11.3. The normalized spacial score (nSPS) is 10.0. The molecule has 28 heavy (non-hydrogen) atoms. The monoisotopic (exact) mass is 376 g/mol. The maximum Gasteiger partial charge on any atom is 0.320 e. The summed E-state index contributed by atoms with van der Waals surface area (Å²) in [7, 11) is 0. The van der Waals surface area contributed by atoms with Gasteiger partial charge in [0.1, 0.15) is 5.82 Å². The number of nitrogens with one attached hydrogen (secondary N) is 4. The first-order valence-electron chi connectivity index (χ1n) is 8.74. The molecule has 0 unspecified atom stereocenters. The van der Waals surface area contributed by atoms with Crippen molar-refractivity contribution in [1.82, 2.24) is 15.3 Å². The zero-order chi connectivity index (χ0) is 19.8. The molecule has 0 saturated carbocycles. The molecule has 8 heteroatoms. The number of urea groups is 1. The molecule has 3 aromatic rings. The van der Waals surface area contributed by atoms with E-state index in [9.17, 15) is 9.59 Å². The Morgan fingerprint density at radius 2 is 1.75 bits per heavy atom. The summed E-state index contributed by atoms with van der Waals surface area (Å²) in [4.78, 5) is 32.7. The van der Waals surface area contributed by atoms with Gasteiger partial charge in [-0.25, -0.2) is 9.78 Å². The SMILES string of the molecule is CCNC(=O)Nc1cc(Nc2ccccc2)c(C(=O)Nc2cccnc2)cn1. The van der Waals surface area contributed by atoms with Crippen LogP contribution in [0.15, 0.2) is 67.1 Å². The van der Waals surface area contributed by atoms with E-state index in [-0.39, 0.29) is 11.9 Å². The van der Waals surface area contributed by atoms with E-state index in [1.165, 1.54) is 6.20 Å². The molecule has 4 N–H and O–H groups in total. The number of hydrogen-bond acceptors (Lipinski definition) is 5. The number of rotatable bonds is 6. The van der Waals surface area contributed by atoms with Gasteiger partial charge in [-0.3, -0.25) is 15.1 Å². The summed E-state index contributed by atoms with van der Waals surface area (Å²) in [6.45, 7) is 2.31. The van der Waals surface area contributed by atoms with Crippen molar-refractivity contribution in [2.24, 2.45) is 0 Å². The maximum atomic E-state index is 12.7. The van der Waals surface area contributed by atoms with Gasteiger partial charge in [0.05, 0.1) is 23.1 Å². The van der Waals surface area contributed by atoms with Gasteiger partial charge in [0.25, 0.3) is 5.91 Å². The van der Waals surface area contributed by atoms with E-state index < -0.39 is 0 Å². The Morgan fingerprint density at radius 3 is 2.46 bits per heavy atom. The van der Waals surface area contributed by atoms with E-state index in [0.717, 1.165) is 5.69 Å². The van der Waals surface area contributed by atoms with E-state index in [1.807, 2.05) is 37.3 Å². The Morgan fingerprint density at radius 1 is 0.964 bits per heavy atom. The lowest BCUT2D eigenvalue weighted by Gasteiger charge is -2.14. The third-order valence-electron chi connectivity index (χ3n) is 3.70. The predicted octanol–water partition coefficient (Wildman–Crippen LogP) is 3.61. The van der Waals surface area contributed by atoms with Gasteiger partial charge in [-0.2, -0.15) is 0 Å². The minimum atomic E-state index is -0.367. The second-order valence-electron chi connectivity index (χ2n) is 5.79. The van der Waals surface area contributed by atoms with Gasteiger partial charge in [-0.05, 0) is 31.2 Å². The highest BCUT2D eigenvalue weighted by Gasteiger charge is 2.15. The number of aromatic nitrogens is 2. The summed E-state index contributed by atoms with van der Waals surface area (Å²) >= 11 is 0. The fourth-order valence-electron chi connectivity index (χ4n) is 2.44. The number of amides is 3. The molecule has 3 amide bonds. The van der Waals surface area contributed by atoms with E-state index in [2.05, 4.69) is 31.2 Å². The standard InChI is InChI=1S/C20H20N6O2/c1-2-22-20(28)26-18-11-17(24-14-7-4-3-5-8-14)16(13-23-18)19(27)25-15-9-6-10-21-12-15/h3-13H,2H2,1H3,(H,25,27)(H3,22,23,24,26,28). The smallest absolute Gasteiger partial charge is 0.320 e. The number of para-hydroxylation sites is 1. The Kier molecular flexibility index (Phi) is 6.14. The molecule has 142 valence electrons. The first kappa shape index (κ1) is 18.8. The molecule has 0 bridgehead atoms. The molecule has 2 heterocycles. The first-order valence-corrected chi connectivity index (χ1v) is 8.74. The lowest BCUT2D eigenvalue weighted by molar-refractivity contribution is 0.102. The molecule has 0 aliphatic carbocycles. The minimum absolute atomic E-state index is 0.322. The van der Waals surface area contributed by atoms with Gasteiger partial charge in [-0.1, -0.05) is 18.2 Å². The zero-order valence-corrected chi connectivity index (χ0v) is 15.3. The first-order chi connectivity index (χ1) is 13.7. The van der Waals surface area contributed by atoms with Crippen LogP contribution in [0.2, 0.25) is 0 Å². The summed E-state index contributed by atoms with van der Waals surface area (Å²) in [5.41, 5.74) is 2.21. The van der Waals surface area contributed by atoms with Crippen molar-refractivity contribution in [1.29, 1.82) is 0 Å². The predicted molar refractivity (Wildman–Crippen MR) is 109 cm³/mol. The number of anilines is 4. The van der Waals surface area contributed by atoms with Crippen LogP contribution in [0.4, 0.5) is 27.7 Å². The van der Waals surface area contributed by atoms with Crippen molar-refractivity contribution in [3.63, 3.8) is 0 Å². The Bertz CT molecular complexity index is 947. The second kappa shape index (κ2) is 9.13. The Labute approximate surface area is 162 Å².